The van der Waals surface area contributed by atoms with E-state index in [-0.39, 0.29) is 4.87 Å². The molecule has 0 aliphatic rings. The van der Waals surface area contributed by atoms with Crippen LogP contribution in [0.15, 0.2) is 23.3 Å². The zero-order valence-corrected chi connectivity index (χ0v) is 8.76. The molecule has 74 valence electrons. The average molecular weight is 217 g/mol. The van der Waals surface area contributed by atoms with Crippen LogP contribution in [0, 0.1) is 18.3 Å². The fourth-order valence-electron chi connectivity index (χ4n) is 1.34. The Labute approximate surface area is 89.9 Å². The van der Waals surface area contributed by atoms with Crippen molar-refractivity contribution >= 4 is 11.3 Å². The van der Waals surface area contributed by atoms with Crippen molar-refractivity contribution in [2.24, 2.45) is 0 Å². The van der Waals surface area contributed by atoms with Crippen LogP contribution >= 0.6 is 11.3 Å². The Morgan fingerprint density at radius 2 is 2.40 bits per heavy atom. The minimum absolute atomic E-state index is 0.108. The van der Waals surface area contributed by atoms with E-state index in [0.29, 0.717) is 5.56 Å². The third-order valence-corrected chi connectivity index (χ3v) is 3.03. The van der Waals surface area contributed by atoms with E-state index in [9.17, 15) is 4.79 Å². The molecule has 0 unspecified atom stereocenters. The van der Waals surface area contributed by atoms with Crippen molar-refractivity contribution in [3.63, 3.8) is 0 Å². The van der Waals surface area contributed by atoms with E-state index in [4.69, 9.17) is 5.26 Å². The van der Waals surface area contributed by atoms with E-state index in [1.54, 1.807) is 12.3 Å². The Morgan fingerprint density at radius 3 is 3.00 bits per heavy atom. The van der Waals surface area contributed by atoms with Crippen LogP contribution in [0.3, 0.4) is 0 Å². The number of H-pyrrole nitrogens is 1. The molecule has 0 radical (unpaired) electrons. The van der Waals surface area contributed by atoms with E-state index in [2.05, 4.69) is 16.0 Å². The van der Waals surface area contributed by atoms with Gasteiger partial charge in [0.25, 0.3) is 0 Å². The first-order valence-electron chi connectivity index (χ1n) is 4.26. The number of nitrogens with one attached hydrogen (secondary N) is 1. The molecule has 0 aliphatic carbocycles. The third kappa shape index (κ3) is 1.67. The lowest BCUT2D eigenvalue weighted by Crippen LogP contribution is -1.91. The monoisotopic (exact) mass is 217 g/mol. The van der Waals surface area contributed by atoms with Gasteiger partial charge < -0.3 is 4.98 Å². The molecule has 2 aromatic rings. The van der Waals surface area contributed by atoms with E-state index < -0.39 is 0 Å². The summed E-state index contributed by atoms with van der Waals surface area (Å²) in [5.41, 5.74) is 2.02. The number of rotatable bonds is 1. The van der Waals surface area contributed by atoms with Gasteiger partial charge in [-0.15, -0.1) is 0 Å². The molecule has 0 atom stereocenters. The molecule has 5 heteroatoms. The quantitative estimate of drug-likeness (QED) is 0.790. The van der Waals surface area contributed by atoms with Gasteiger partial charge in [-0.3, -0.25) is 9.78 Å². The minimum Gasteiger partial charge on any atom is -0.316 e. The molecule has 1 N–H and O–H groups in total. The van der Waals surface area contributed by atoms with Crippen molar-refractivity contribution in [1.82, 2.24) is 9.97 Å². The molecule has 0 bridgehead atoms. The van der Waals surface area contributed by atoms with Crippen LogP contribution in [0.5, 0.6) is 0 Å². The van der Waals surface area contributed by atoms with Crippen LogP contribution in [0.4, 0.5) is 0 Å². The summed E-state index contributed by atoms with van der Waals surface area (Å²) in [4.78, 5) is 18.4. The average Bonchev–Trinajstić information content (AvgIpc) is 2.57. The molecule has 2 rings (SSSR count). The van der Waals surface area contributed by atoms with Crippen molar-refractivity contribution < 1.29 is 0 Å². The fraction of sp³-hybridized carbons (Fsp3) is 0.100. The van der Waals surface area contributed by atoms with Gasteiger partial charge >= 0.3 is 4.87 Å². The molecule has 0 aliphatic heterocycles. The maximum absolute atomic E-state index is 11.1. The summed E-state index contributed by atoms with van der Waals surface area (Å²) in [6.45, 7) is 1.81. The molecule has 0 saturated carbocycles. The van der Waals surface area contributed by atoms with Crippen molar-refractivity contribution in [2.75, 3.05) is 0 Å². The van der Waals surface area contributed by atoms with Crippen LogP contribution in [-0.2, 0) is 0 Å². The first-order valence-corrected chi connectivity index (χ1v) is 5.08. The van der Waals surface area contributed by atoms with Crippen LogP contribution in [0.1, 0.15) is 11.3 Å². The first kappa shape index (κ1) is 9.62. The van der Waals surface area contributed by atoms with Gasteiger partial charge in [-0.05, 0) is 13.0 Å². The van der Waals surface area contributed by atoms with Gasteiger partial charge in [-0.1, -0.05) is 11.3 Å². The molecular weight excluding hydrogens is 210 g/mol. The molecule has 0 aromatic carbocycles. The highest BCUT2D eigenvalue weighted by Gasteiger charge is 2.10. The summed E-state index contributed by atoms with van der Waals surface area (Å²) in [6, 6.07) is 3.80. The predicted molar refractivity (Wildman–Crippen MR) is 57.6 cm³/mol. The lowest BCUT2D eigenvalue weighted by molar-refractivity contribution is 1.22. The molecule has 0 spiro atoms. The Hall–Kier alpha value is -1.93. The van der Waals surface area contributed by atoms with Gasteiger partial charge in [0.05, 0.1) is 10.4 Å². The number of nitrogens with zero attached hydrogens (tertiary/aromatic N) is 2. The summed E-state index contributed by atoms with van der Waals surface area (Å²) in [5.74, 6) is 0. The summed E-state index contributed by atoms with van der Waals surface area (Å²) < 4.78 is 0. The Kier molecular flexibility index (Phi) is 2.35. The highest BCUT2D eigenvalue weighted by molar-refractivity contribution is 7.13. The second-order valence-corrected chi connectivity index (χ2v) is 3.98. The number of pyridine rings is 1. The van der Waals surface area contributed by atoms with Gasteiger partial charge in [0.1, 0.15) is 6.07 Å². The van der Waals surface area contributed by atoms with Crippen molar-refractivity contribution in [3.05, 3.63) is 39.4 Å². The number of nitriles is 1. The zero-order valence-electron chi connectivity index (χ0n) is 7.94. The van der Waals surface area contributed by atoms with Gasteiger partial charge in [0.15, 0.2) is 0 Å². The lowest BCUT2D eigenvalue weighted by Gasteiger charge is -1.99. The topological polar surface area (TPSA) is 69.5 Å². The Balaban J connectivity index is 2.70. The van der Waals surface area contributed by atoms with Crippen LogP contribution < -0.4 is 4.87 Å². The van der Waals surface area contributed by atoms with Gasteiger partial charge in [-0.25, -0.2) is 0 Å². The molecule has 4 nitrogen and oxygen atoms in total. The molecule has 15 heavy (non-hydrogen) atoms. The maximum Gasteiger partial charge on any atom is 0.305 e. The van der Waals surface area contributed by atoms with Gasteiger partial charge in [0, 0.05) is 23.7 Å². The second kappa shape index (κ2) is 3.67. The Morgan fingerprint density at radius 1 is 1.60 bits per heavy atom. The third-order valence-electron chi connectivity index (χ3n) is 2.01. The van der Waals surface area contributed by atoms with Crippen molar-refractivity contribution in [2.45, 2.75) is 6.92 Å². The SMILES string of the molecule is Cc1[nH]c(=O)sc1-c1ccncc1C#N. The normalized spacial score (nSPS) is 9.87. The van der Waals surface area contributed by atoms with Crippen molar-refractivity contribution in [3.8, 4) is 16.5 Å². The number of aromatic nitrogens is 2. The molecular formula is C10H7N3OS. The highest BCUT2D eigenvalue weighted by Crippen LogP contribution is 2.26. The zero-order chi connectivity index (χ0) is 10.8. The lowest BCUT2D eigenvalue weighted by atomic mass is 10.1. The number of aryl methyl sites for hydroxylation is 1. The standard InChI is InChI=1S/C10H7N3OS/c1-6-9(15-10(14)13-6)8-2-3-12-5-7(8)4-11/h2-3,5H,1H3,(H,13,14). The van der Waals surface area contributed by atoms with E-state index in [1.807, 2.05) is 6.92 Å². The predicted octanol–water partition coefficient (Wildman–Crippen LogP) is 1.68. The van der Waals surface area contributed by atoms with Crippen LogP contribution in [-0.4, -0.2) is 9.97 Å². The number of hydrogen-bond donors (Lipinski definition) is 1. The molecule has 2 aromatic heterocycles. The summed E-state index contributed by atoms with van der Waals surface area (Å²) >= 11 is 1.11. The number of aromatic amines is 1. The highest BCUT2D eigenvalue weighted by atomic mass is 32.1. The van der Waals surface area contributed by atoms with Gasteiger partial charge in [-0.2, -0.15) is 5.26 Å². The molecule has 2 heterocycles. The molecule has 0 fully saturated rings. The maximum atomic E-state index is 11.1. The van der Waals surface area contributed by atoms with E-state index in [0.717, 1.165) is 27.5 Å². The summed E-state index contributed by atoms with van der Waals surface area (Å²) in [6.07, 6.45) is 3.11. The number of thiazole rings is 1. The fourth-order valence-corrected chi connectivity index (χ4v) is 2.22. The Bertz CT molecular complexity index is 591. The summed E-state index contributed by atoms with van der Waals surface area (Å²) in [7, 11) is 0. The van der Waals surface area contributed by atoms with Crippen LogP contribution in [0.2, 0.25) is 0 Å². The van der Waals surface area contributed by atoms with Crippen LogP contribution in [0.25, 0.3) is 10.4 Å². The molecule has 0 amide bonds. The van der Waals surface area contributed by atoms with Crippen molar-refractivity contribution in [1.29, 1.82) is 5.26 Å². The number of hydrogen-bond acceptors (Lipinski definition) is 4. The van der Waals surface area contributed by atoms with E-state index >= 15 is 0 Å². The van der Waals surface area contributed by atoms with E-state index in [1.165, 1.54) is 6.20 Å². The minimum atomic E-state index is -0.108. The molecule has 0 saturated heterocycles. The first-order chi connectivity index (χ1) is 7.22. The van der Waals surface area contributed by atoms with Gasteiger partial charge in [0.2, 0.25) is 0 Å². The summed E-state index contributed by atoms with van der Waals surface area (Å²) in [5, 5.41) is 8.90. The largest absolute Gasteiger partial charge is 0.316 e. The smallest absolute Gasteiger partial charge is 0.305 e. The second-order valence-electron chi connectivity index (χ2n) is 3.00.